The maximum absolute atomic E-state index is 10.5. The predicted molar refractivity (Wildman–Crippen MR) is 56.4 cm³/mol. The second-order valence-corrected chi connectivity index (χ2v) is 3.57. The van der Waals surface area contributed by atoms with Crippen molar-refractivity contribution in [1.29, 1.82) is 0 Å². The Bertz CT molecular complexity index is 487. The third kappa shape index (κ3) is 2.10. The number of nitro groups is 1. The van der Waals surface area contributed by atoms with Gasteiger partial charge in [0.25, 0.3) is 0 Å². The normalized spacial score (nSPS) is 10.9. The molecule has 0 aliphatic rings. The first kappa shape index (κ1) is 9.60. The Hall–Kier alpha value is -1.95. The van der Waals surface area contributed by atoms with Crippen LogP contribution in [0.3, 0.4) is 0 Å². The number of nitrogens with zero attached hydrogens (tertiary/aromatic N) is 2. The second kappa shape index (κ2) is 4.05. The monoisotopic (exact) mass is 222 g/mol. The van der Waals surface area contributed by atoms with Crippen LogP contribution in [-0.4, -0.2) is 9.91 Å². The lowest BCUT2D eigenvalue weighted by Gasteiger charge is -1.86. The van der Waals surface area contributed by atoms with E-state index < -0.39 is 4.92 Å². The Morgan fingerprint density at radius 2 is 2.40 bits per heavy atom. The lowest BCUT2D eigenvalue weighted by molar-refractivity contribution is -0.402. The zero-order chi connectivity index (χ0) is 10.7. The molecule has 2 aromatic rings. The summed E-state index contributed by atoms with van der Waals surface area (Å²) in [6.45, 7) is 0. The Morgan fingerprint density at radius 3 is 3.07 bits per heavy atom. The molecule has 2 aromatic heterocycles. The van der Waals surface area contributed by atoms with E-state index in [1.807, 2.05) is 5.38 Å². The summed E-state index contributed by atoms with van der Waals surface area (Å²) in [5, 5.41) is 13.1. The third-order valence-electron chi connectivity index (χ3n) is 1.70. The number of hydrogen-bond acceptors (Lipinski definition) is 5. The Balaban J connectivity index is 2.24. The fraction of sp³-hybridized carbons (Fsp3) is 0. The summed E-state index contributed by atoms with van der Waals surface area (Å²) in [4.78, 5) is 14.0. The fourth-order valence-corrected chi connectivity index (χ4v) is 1.59. The second-order valence-electron chi connectivity index (χ2n) is 2.64. The fourth-order valence-electron chi connectivity index (χ4n) is 1.06. The van der Waals surface area contributed by atoms with Gasteiger partial charge in [-0.15, -0.1) is 11.3 Å². The largest absolute Gasteiger partial charge is 0.440 e. The van der Waals surface area contributed by atoms with E-state index in [0.29, 0.717) is 5.56 Å². The van der Waals surface area contributed by atoms with Crippen LogP contribution in [0.4, 0.5) is 5.88 Å². The van der Waals surface area contributed by atoms with Gasteiger partial charge in [0, 0.05) is 11.6 Å². The average Bonchev–Trinajstić information content (AvgIpc) is 2.86. The molecule has 0 bridgehead atoms. The predicted octanol–water partition coefficient (Wildman–Crippen LogP) is 2.81. The van der Waals surface area contributed by atoms with E-state index in [1.54, 1.807) is 24.4 Å². The zero-order valence-electron chi connectivity index (χ0n) is 7.49. The van der Waals surface area contributed by atoms with E-state index in [2.05, 4.69) is 4.98 Å². The summed E-state index contributed by atoms with van der Waals surface area (Å²) in [6.07, 6.45) is 6.29. The van der Waals surface area contributed by atoms with Crippen LogP contribution < -0.4 is 0 Å². The van der Waals surface area contributed by atoms with E-state index in [-0.39, 0.29) is 5.88 Å². The minimum atomic E-state index is -0.554. The smallest absolute Gasteiger partial charge is 0.409 e. The molecule has 15 heavy (non-hydrogen) atoms. The van der Waals surface area contributed by atoms with Crippen LogP contribution in [0.15, 0.2) is 28.3 Å². The molecule has 0 saturated heterocycles. The van der Waals surface area contributed by atoms with Crippen LogP contribution >= 0.6 is 11.3 Å². The van der Waals surface area contributed by atoms with Crippen molar-refractivity contribution in [2.75, 3.05) is 0 Å². The van der Waals surface area contributed by atoms with E-state index in [0.717, 1.165) is 5.01 Å². The molecule has 6 heteroatoms. The standard InChI is InChI=1S/C9H6N2O3S/c12-11(13)9-7(3-5-14-9)1-2-8-10-4-6-15-8/h1-6H. The van der Waals surface area contributed by atoms with Gasteiger partial charge < -0.3 is 4.42 Å². The maximum atomic E-state index is 10.5. The molecule has 76 valence electrons. The molecule has 0 aliphatic heterocycles. The first-order valence-corrected chi connectivity index (χ1v) is 4.95. The van der Waals surface area contributed by atoms with E-state index >= 15 is 0 Å². The summed E-state index contributed by atoms with van der Waals surface area (Å²) >= 11 is 1.46. The topological polar surface area (TPSA) is 69.2 Å². The minimum absolute atomic E-state index is 0.247. The minimum Gasteiger partial charge on any atom is -0.409 e. The molecule has 0 amide bonds. The number of thiazole rings is 1. The summed E-state index contributed by atoms with van der Waals surface area (Å²) in [5.74, 6) is -0.247. The Kier molecular flexibility index (Phi) is 2.59. The summed E-state index contributed by atoms with van der Waals surface area (Å²) < 4.78 is 4.73. The molecule has 0 radical (unpaired) electrons. The molecule has 0 atom stereocenters. The molecule has 5 nitrogen and oxygen atoms in total. The van der Waals surface area contributed by atoms with Crippen molar-refractivity contribution >= 4 is 29.4 Å². The summed E-state index contributed by atoms with van der Waals surface area (Å²) in [6, 6.07) is 1.54. The van der Waals surface area contributed by atoms with Crippen molar-refractivity contribution in [2.45, 2.75) is 0 Å². The van der Waals surface area contributed by atoms with Crippen molar-refractivity contribution in [2.24, 2.45) is 0 Å². The molecule has 0 spiro atoms. The van der Waals surface area contributed by atoms with Gasteiger partial charge in [0.05, 0.1) is 11.8 Å². The molecule has 2 rings (SSSR count). The van der Waals surface area contributed by atoms with Gasteiger partial charge in [0.15, 0.2) is 0 Å². The molecule has 0 unspecified atom stereocenters. The first-order chi connectivity index (χ1) is 7.27. The van der Waals surface area contributed by atoms with Crippen LogP contribution in [0.2, 0.25) is 0 Å². The highest BCUT2D eigenvalue weighted by atomic mass is 32.1. The Labute approximate surface area is 88.8 Å². The Morgan fingerprint density at radius 1 is 1.53 bits per heavy atom. The van der Waals surface area contributed by atoms with Crippen LogP contribution in [-0.2, 0) is 0 Å². The van der Waals surface area contributed by atoms with Gasteiger partial charge >= 0.3 is 5.88 Å². The van der Waals surface area contributed by atoms with Crippen LogP contribution in [0.25, 0.3) is 12.2 Å². The summed E-state index contributed by atoms with van der Waals surface area (Å²) in [5.41, 5.74) is 0.440. The maximum Gasteiger partial charge on any atom is 0.440 e. The zero-order valence-corrected chi connectivity index (χ0v) is 8.31. The van der Waals surface area contributed by atoms with Gasteiger partial charge in [-0.2, -0.15) is 0 Å². The highest BCUT2D eigenvalue weighted by molar-refractivity contribution is 7.10. The average molecular weight is 222 g/mol. The molecular formula is C9H6N2O3S. The third-order valence-corrected chi connectivity index (χ3v) is 2.44. The van der Waals surface area contributed by atoms with Crippen LogP contribution in [0.1, 0.15) is 10.6 Å². The summed E-state index contributed by atoms with van der Waals surface area (Å²) in [7, 11) is 0. The van der Waals surface area contributed by atoms with Gasteiger partial charge in [0.1, 0.15) is 9.93 Å². The van der Waals surface area contributed by atoms with Gasteiger partial charge in [0.2, 0.25) is 0 Å². The van der Waals surface area contributed by atoms with Gasteiger partial charge in [-0.1, -0.05) is 0 Å². The molecule has 0 saturated carbocycles. The van der Waals surface area contributed by atoms with Gasteiger partial charge in [-0.25, -0.2) is 4.98 Å². The molecular weight excluding hydrogens is 216 g/mol. The van der Waals surface area contributed by atoms with E-state index in [4.69, 9.17) is 4.42 Å². The molecule has 0 aliphatic carbocycles. The van der Waals surface area contributed by atoms with Crippen LogP contribution in [0.5, 0.6) is 0 Å². The van der Waals surface area contributed by atoms with Crippen molar-refractivity contribution in [3.63, 3.8) is 0 Å². The van der Waals surface area contributed by atoms with Gasteiger partial charge in [-0.3, -0.25) is 10.1 Å². The first-order valence-electron chi connectivity index (χ1n) is 4.07. The van der Waals surface area contributed by atoms with Crippen LogP contribution in [0, 0.1) is 10.1 Å². The van der Waals surface area contributed by atoms with E-state index in [1.165, 1.54) is 17.6 Å². The van der Waals surface area contributed by atoms with E-state index in [9.17, 15) is 10.1 Å². The number of hydrogen-bond donors (Lipinski definition) is 0. The van der Waals surface area contributed by atoms with Crippen molar-refractivity contribution in [1.82, 2.24) is 4.98 Å². The lowest BCUT2D eigenvalue weighted by atomic mass is 10.3. The molecule has 0 N–H and O–H groups in total. The quantitative estimate of drug-likeness (QED) is 0.591. The lowest BCUT2D eigenvalue weighted by Crippen LogP contribution is -1.86. The molecule has 2 heterocycles. The molecule has 0 aromatic carbocycles. The number of furan rings is 1. The van der Waals surface area contributed by atoms with Crippen molar-refractivity contribution < 1.29 is 9.34 Å². The highest BCUT2D eigenvalue weighted by Crippen LogP contribution is 2.21. The SMILES string of the molecule is O=[N+]([O-])c1occc1C=Cc1nccs1. The van der Waals surface area contributed by atoms with Crippen molar-refractivity contribution in [3.8, 4) is 0 Å². The highest BCUT2D eigenvalue weighted by Gasteiger charge is 2.14. The number of rotatable bonds is 3. The van der Waals surface area contributed by atoms with Crippen molar-refractivity contribution in [3.05, 3.63) is 44.6 Å². The van der Waals surface area contributed by atoms with Gasteiger partial charge in [-0.05, 0) is 18.2 Å². The number of aromatic nitrogens is 1. The molecule has 0 fully saturated rings.